The van der Waals surface area contributed by atoms with Gasteiger partial charge in [0.1, 0.15) is 5.82 Å². The first-order chi connectivity index (χ1) is 12.0. The zero-order valence-electron chi connectivity index (χ0n) is 12.9. The summed E-state index contributed by atoms with van der Waals surface area (Å²) >= 11 is 0. The van der Waals surface area contributed by atoms with Gasteiger partial charge in [-0.25, -0.2) is 9.37 Å². The molecule has 0 bridgehead atoms. The second-order valence-corrected chi connectivity index (χ2v) is 5.18. The van der Waals surface area contributed by atoms with E-state index in [1.807, 2.05) is 0 Å². The number of nitro benzene ring substituents is 1. The Labute approximate surface area is 142 Å². The summed E-state index contributed by atoms with van der Waals surface area (Å²) in [7, 11) is 0. The van der Waals surface area contributed by atoms with Crippen LogP contribution in [0.4, 0.5) is 10.1 Å². The van der Waals surface area contributed by atoms with Crippen LogP contribution in [0, 0.1) is 15.9 Å². The molecule has 0 saturated heterocycles. The molecular formula is C18H12FN3O3. The monoisotopic (exact) mass is 337 g/mol. The van der Waals surface area contributed by atoms with Crippen molar-refractivity contribution in [2.45, 2.75) is 0 Å². The number of rotatable bonds is 5. The van der Waals surface area contributed by atoms with E-state index in [1.165, 1.54) is 48.8 Å². The first-order valence-electron chi connectivity index (χ1n) is 7.29. The molecule has 0 aliphatic carbocycles. The highest BCUT2D eigenvalue weighted by Gasteiger charge is 2.08. The number of carbonyl (C=O) groups is 1. The van der Waals surface area contributed by atoms with E-state index in [9.17, 15) is 19.3 Å². The van der Waals surface area contributed by atoms with E-state index in [0.717, 1.165) is 0 Å². The van der Waals surface area contributed by atoms with E-state index in [1.54, 1.807) is 29.1 Å². The predicted octanol–water partition coefficient (Wildman–Crippen LogP) is 3.82. The lowest BCUT2D eigenvalue weighted by molar-refractivity contribution is -0.384. The topological polar surface area (TPSA) is 78.0 Å². The number of imidazole rings is 1. The fourth-order valence-electron chi connectivity index (χ4n) is 2.25. The highest BCUT2D eigenvalue weighted by molar-refractivity contribution is 6.06. The smallest absolute Gasteiger partial charge is 0.269 e. The second kappa shape index (κ2) is 6.88. The number of halogens is 1. The molecule has 3 rings (SSSR count). The molecule has 1 heterocycles. The first kappa shape index (κ1) is 16.3. The van der Waals surface area contributed by atoms with Gasteiger partial charge < -0.3 is 4.57 Å². The Morgan fingerprint density at radius 3 is 2.56 bits per heavy atom. The summed E-state index contributed by atoms with van der Waals surface area (Å²) in [6.07, 6.45) is 7.46. The van der Waals surface area contributed by atoms with Crippen molar-refractivity contribution in [1.29, 1.82) is 0 Å². The van der Waals surface area contributed by atoms with E-state index >= 15 is 0 Å². The lowest BCUT2D eigenvalue weighted by Gasteiger charge is -2.04. The molecule has 2 aromatic carbocycles. The largest absolute Gasteiger partial charge is 0.303 e. The maximum absolute atomic E-state index is 14.1. The minimum atomic E-state index is -0.533. The summed E-state index contributed by atoms with van der Waals surface area (Å²) in [5.41, 5.74) is 1.11. The molecule has 1 aromatic heterocycles. The third-order valence-corrected chi connectivity index (χ3v) is 3.54. The van der Waals surface area contributed by atoms with Gasteiger partial charge in [-0.05, 0) is 35.9 Å². The zero-order chi connectivity index (χ0) is 17.8. The molecule has 3 aromatic rings. The van der Waals surface area contributed by atoms with E-state index in [-0.39, 0.29) is 11.5 Å². The first-order valence-corrected chi connectivity index (χ1v) is 7.29. The van der Waals surface area contributed by atoms with Crippen LogP contribution >= 0.6 is 0 Å². The van der Waals surface area contributed by atoms with Crippen LogP contribution in [0.1, 0.15) is 15.9 Å². The van der Waals surface area contributed by atoms with Gasteiger partial charge in [0, 0.05) is 30.1 Å². The summed E-state index contributed by atoms with van der Waals surface area (Å²) in [5.74, 6) is -0.767. The van der Waals surface area contributed by atoms with Crippen LogP contribution in [0.2, 0.25) is 0 Å². The van der Waals surface area contributed by atoms with Gasteiger partial charge in [0.25, 0.3) is 5.69 Å². The number of hydrogen-bond donors (Lipinski definition) is 0. The quantitative estimate of drug-likeness (QED) is 0.307. The standard InChI is InChI=1S/C18H12FN3O3/c19-16-11-13(1-7-17(16)21-10-9-20-12-21)2-8-18(23)14-3-5-15(6-4-14)22(24)25/h1-12H. The highest BCUT2D eigenvalue weighted by atomic mass is 19.1. The molecule has 0 radical (unpaired) electrons. The number of allylic oxidation sites excluding steroid dienone is 1. The fourth-order valence-corrected chi connectivity index (χ4v) is 2.25. The Balaban J connectivity index is 1.76. The number of nitro groups is 1. The van der Waals surface area contributed by atoms with Gasteiger partial charge in [0.2, 0.25) is 0 Å². The maximum Gasteiger partial charge on any atom is 0.269 e. The molecule has 6 nitrogen and oxygen atoms in total. The van der Waals surface area contributed by atoms with Crippen LogP contribution < -0.4 is 0 Å². The summed E-state index contributed by atoms with van der Waals surface area (Å²) in [4.78, 5) is 26.0. The average molecular weight is 337 g/mol. The van der Waals surface area contributed by atoms with Crippen LogP contribution in [-0.4, -0.2) is 20.3 Å². The minimum Gasteiger partial charge on any atom is -0.303 e. The third kappa shape index (κ3) is 3.66. The molecule has 0 fully saturated rings. The molecule has 0 atom stereocenters. The molecular weight excluding hydrogens is 325 g/mol. The molecule has 0 amide bonds. The van der Waals surface area contributed by atoms with Gasteiger partial charge in [0.05, 0.1) is 16.9 Å². The lowest BCUT2D eigenvalue weighted by atomic mass is 10.1. The van der Waals surface area contributed by atoms with Crippen molar-refractivity contribution in [3.05, 3.63) is 94.3 Å². The summed E-state index contributed by atoms with van der Waals surface area (Å²) in [6, 6.07) is 9.88. The lowest BCUT2D eigenvalue weighted by Crippen LogP contribution is -1.96. The Morgan fingerprint density at radius 2 is 1.96 bits per heavy atom. The Hall–Kier alpha value is -3.61. The highest BCUT2D eigenvalue weighted by Crippen LogP contribution is 2.17. The molecule has 124 valence electrons. The van der Waals surface area contributed by atoms with Crippen molar-refractivity contribution in [2.75, 3.05) is 0 Å². The minimum absolute atomic E-state index is 0.0855. The Morgan fingerprint density at radius 1 is 1.20 bits per heavy atom. The van der Waals surface area contributed by atoms with Crippen LogP contribution in [0.15, 0.2) is 67.3 Å². The second-order valence-electron chi connectivity index (χ2n) is 5.18. The average Bonchev–Trinajstić information content (AvgIpc) is 3.14. The fraction of sp³-hybridized carbons (Fsp3) is 0. The molecule has 0 saturated carbocycles. The van der Waals surface area contributed by atoms with Crippen molar-refractivity contribution in [1.82, 2.24) is 9.55 Å². The zero-order valence-corrected chi connectivity index (χ0v) is 12.9. The van der Waals surface area contributed by atoms with Crippen molar-refractivity contribution in [3.63, 3.8) is 0 Å². The van der Waals surface area contributed by atoms with Gasteiger partial charge in [0.15, 0.2) is 5.78 Å². The molecule has 0 N–H and O–H groups in total. The third-order valence-electron chi connectivity index (χ3n) is 3.54. The molecule has 0 unspecified atom stereocenters. The molecule has 0 aliphatic rings. The normalized spacial score (nSPS) is 10.9. The van der Waals surface area contributed by atoms with Crippen LogP contribution in [-0.2, 0) is 0 Å². The summed E-state index contributed by atoms with van der Waals surface area (Å²) in [6.45, 7) is 0. The predicted molar refractivity (Wildman–Crippen MR) is 90.0 cm³/mol. The number of hydrogen-bond acceptors (Lipinski definition) is 4. The van der Waals surface area contributed by atoms with Crippen molar-refractivity contribution < 1.29 is 14.1 Å². The van der Waals surface area contributed by atoms with E-state index in [2.05, 4.69) is 4.98 Å². The van der Waals surface area contributed by atoms with E-state index in [4.69, 9.17) is 0 Å². The van der Waals surface area contributed by atoms with Gasteiger partial charge in [-0.15, -0.1) is 0 Å². The number of benzene rings is 2. The number of ketones is 1. The van der Waals surface area contributed by atoms with Crippen LogP contribution in [0.3, 0.4) is 0 Å². The summed E-state index contributed by atoms with van der Waals surface area (Å²) < 4.78 is 15.7. The maximum atomic E-state index is 14.1. The number of carbonyl (C=O) groups excluding carboxylic acids is 1. The van der Waals surface area contributed by atoms with Gasteiger partial charge in [-0.2, -0.15) is 0 Å². The SMILES string of the molecule is O=C(C=Cc1ccc(-n2ccnc2)c(F)c1)c1ccc([N+](=O)[O-])cc1. The molecule has 25 heavy (non-hydrogen) atoms. The Kier molecular flexibility index (Phi) is 4.47. The number of aromatic nitrogens is 2. The van der Waals surface area contributed by atoms with Crippen LogP contribution in [0.5, 0.6) is 0 Å². The van der Waals surface area contributed by atoms with Gasteiger partial charge >= 0.3 is 0 Å². The molecule has 7 heteroatoms. The van der Waals surface area contributed by atoms with Crippen molar-refractivity contribution in [3.8, 4) is 5.69 Å². The number of nitrogens with zero attached hydrogens (tertiary/aromatic N) is 3. The van der Waals surface area contributed by atoms with E-state index < -0.39 is 10.7 Å². The van der Waals surface area contributed by atoms with Crippen LogP contribution in [0.25, 0.3) is 11.8 Å². The van der Waals surface area contributed by atoms with Gasteiger partial charge in [-0.3, -0.25) is 14.9 Å². The van der Waals surface area contributed by atoms with Gasteiger partial charge in [-0.1, -0.05) is 12.1 Å². The van der Waals surface area contributed by atoms with Crippen molar-refractivity contribution in [2.24, 2.45) is 0 Å². The number of non-ortho nitro benzene ring substituents is 1. The van der Waals surface area contributed by atoms with Crippen molar-refractivity contribution >= 4 is 17.5 Å². The molecule has 0 aliphatic heterocycles. The molecule has 0 spiro atoms. The summed E-state index contributed by atoms with van der Waals surface area (Å²) in [5, 5.41) is 10.6. The van der Waals surface area contributed by atoms with E-state index in [0.29, 0.717) is 16.8 Å². The Bertz CT molecular complexity index is 948.